The Balaban J connectivity index is 2.04. The van der Waals surface area contributed by atoms with Gasteiger partial charge in [-0.15, -0.1) is 0 Å². The van der Waals surface area contributed by atoms with Gasteiger partial charge in [0, 0.05) is 34.6 Å². The van der Waals surface area contributed by atoms with Crippen molar-refractivity contribution in [1.29, 1.82) is 0 Å². The van der Waals surface area contributed by atoms with Crippen molar-refractivity contribution in [2.75, 3.05) is 11.9 Å². The molecular weight excluding hydrogens is 663 g/mol. The van der Waals surface area contributed by atoms with Crippen LogP contribution in [0.3, 0.4) is 0 Å². The van der Waals surface area contributed by atoms with Crippen LogP contribution in [-0.2, 0) is 12.1 Å². The third-order valence-corrected chi connectivity index (χ3v) is 6.63. The fraction of sp³-hybridized carbons (Fsp3) is 0.231. The molecule has 0 spiro atoms. The highest BCUT2D eigenvalue weighted by Gasteiger charge is 2.73. The first kappa shape index (κ1) is 32.8. The van der Waals surface area contributed by atoms with Crippen LogP contribution >= 0.6 is 15.9 Å². The highest BCUT2D eigenvalue weighted by molar-refractivity contribution is 9.10. The molecule has 0 unspecified atom stereocenters. The average Bonchev–Trinajstić information content (AvgIpc) is 2.88. The number of carbonyl (C=O) groups is 2. The molecule has 4 nitrogen and oxygen atoms in total. The largest absolute Gasteiger partial charge is 0.435 e. The molecule has 0 atom stereocenters. The van der Waals surface area contributed by atoms with E-state index in [0.717, 1.165) is 54.4 Å². The Bertz CT molecular complexity index is 1470. The maximum Gasteiger partial charge on any atom is 0.435 e. The van der Waals surface area contributed by atoms with Crippen molar-refractivity contribution in [1.82, 2.24) is 0 Å². The van der Waals surface area contributed by atoms with Crippen LogP contribution in [0.1, 0.15) is 31.8 Å². The van der Waals surface area contributed by atoms with Gasteiger partial charge in [0.25, 0.3) is 5.91 Å². The first-order valence-electron chi connectivity index (χ1n) is 11.2. The summed E-state index contributed by atoms with van der Waals surface area (Å²) < 4.78 is 152. The van der Waals surface area contributed by atoms with Gasteiger partial charge in [-0.25, -0.2) is 13.2 Å². The zero-order valence-electron chi connectivity index (χ0n) is 20.7. The number of Topliss-reactive ketones (excluding diaryl/α,β-unsaturated/α-hetero) is 1. The Morgan fingerprint density at radius 2 is 1.48 bits per heavy atom. The quantitative estimate of drug-likeness (QED) is 0.178. The molecule has 3 aromatic rings. The molecule has 0 aliphatic rings. The minimum atomic E-state index is -6.58. The van der Waals surface area contributed by atoms with Crippen LogP contribution < -0.4 is 9.64 Å². The van der Waals surface area contributed by atoms with Gasteiger partial charge in [0.2, 0.25) is 0 Å². The molecule has 226 valence electrons. The molecule has 16 heteroatoms. The van der Waals surface area contributed by atoms with Crippen LogP contribution in [0, 0.1) is 11.6 Å². The van der Waals surface area contributed by atoms with E-state index in [-0.39, 0.29) is 17.7 Å². The summed E-state index contributed by atoms with van der Waals surface area (Å²) in [5.74, 6) is -5.44. The van der Waals surface area contributed by atoms with Crippen LogP contribution in [0.5, 0.6) is 5.75 Å². The number of carbonyl (C=O) groups excluding carboxylic acids is 2. The van der Waals surface area contributed by atoms with Gasteiger partial charge in [-0.05, 0) is 48.5 Å². The molecule has 0 N–H and O–H groups in total. The van der Waals surface area contributed by atoms with Gasteiger partial charge in [-0.2, -0.15) is 35.1 Å². The summed E-state index contributed by atoms with van der Waals surface area (Å²) in [6.45, 7) is -3.84. The minimum absolute atomic E-state index is 0.0101. The molecule has 0 aromatic heterocycles. The van der Waals surface area contributed by atoms with E-state index >= 15 is 4.39 Å². The van der Waals surface area contributed by atoms with Gasteiger partial charge < -0.3 is 9.64 Å². The standard InChI is InChI=1S/C26H15BrF11NO3/c1-39(22(41)12-5-7-14(28)8-6-12)18-4-2-3-15(21(18)29)19(40)11-16-17(27)9-13(10-20(16)42-23(30)31)24(32,25(33,34)35)26(36,37)38/h2-10,23H,11H2,1H3. The maximum absolute atomic E-state index is 15.4. The third kappa shape index (κ3) is 6.37. The predicted molar refractivity (Wildman–Crippen MR) is 129 cm³/mol. The number of benzene rings is 3. The maximum atomic E-state index is 15.4. The Kier molecular flexibility index (Phi) is 9.29. The fourth-order valence-electron chi connectivity index (χ4n) is 3.82. The van der Waals surface area contributed by atoms with Crippen molar-refractivity contribution in [2.45, 2.75) is 31.1 Å². The number of anilines is 1. The molecule has 0 saturated carbocycles. The van der Waals surface area contributed by atoms with Crippen LogP contribution in [0.25, 0.3) is 0 Å². The number of rotatable bonds is 8. The lowest BCUT2D eigenvalue weighted by molar-refractivity contribution is -0.348. The van der Waals surface area contributed by atoms with E-state index in [2.05, 4.69) is 20.7 Å². The van der Waals surface area contributed by atoms with Crippen molar-refractivity contribution >= 4 is 33.3 Å². The molecule has 0 radical (unpaired) electrons. The SMILES string of the molecule is CN(C(=O)c1ccc(F)cc1)c1cccc(C(=O)Cc2c(Br)cc(C(F)(C(F)(F)F)C(F)(F)F)cc2OC(F)F)c1F. The number of alkyl halides is 9. The summed E-state index contributed by atoms with van der Waals surface area (Å²) in [5, 5.41) is 0. The minimum Gasteiger partial charge on any atom is -0.434 e. The zero-order valence-corrected chi connectivity index (χ0v) is 22.3. The molecule has 0 heterocycles. The summed E-state index contributed by atoms with van der Waals surface area (Å²) in [6, 6.07) is 6.98. The van der Waals surface area contributed by atoms with Crippen molar-refractivity contribution < 1.29 is 62.6 Å². The molecular formula is C26H15BrF11NO3. The van der Waals surface area contributed by atoms with E-state index in [1.54, 1.807) is 0 Å². The molecule has 3 aromatic carbocycles. The summed E-state index contributed by atoms with van der Waals surface area (Å²) in [6.07, 6.45) is -14.3. The van der Waals surface area contributed by atoms with Crippen LogP contribution in [0.4, 0.5) is 54.0 Å². The van der Waals surface area contributed by atoms with Gasteiger partial charge in [0.05, 0.1) is 11.3 Å². The Morgan fingerprint density at radius 3 is 2.00 bits per heavy atom. The smallest absolute Gasteiger partial charge is 0.434 e. The molecule has 0 bridgehead atoms. The van der Waals surface area contributed by atoms with Gasteiger partial charge in [0.15, 0.2) is 11.6 Å². The lowest BCUT2D eigenvalue weighted by Crippen LogP contribution is -2.50. The normalized spacial score (nSPS) is 12.4. The number of nitrogens with zero attached hydrogens (tertiary/aromatic N) is 1. The lowest BCUT2D eigenvalue weighted by Gasteiger charge is -2.31. The first-order chi connectivity index (χ1) is 19.3. The van der Waals surface area contributed by atoms with Gasteiger partial charge in [0.1, 0.15) is 11.6 Å². The second-order valence-corrected chi connectivity index (χ2v) is 9.43. The lowest BCUT2D eigenvalue weighted by atomic mass is 9.91. The Morgan fingerprint density at radius 1 is 0.905 bits per heavy atom. The van der Waals surface area contributed by atoms with E-state index in [9.17, 15) is 53.5 Å². The predicted octanol–water partition coefficient (Wildman–Crippen LogP) is 8.32. The molecule has 0 aliphatic carbocycles. The summed E-state index contributed by atoms with van der Waals surface area (Å²) in [7, 11) is 1.12. The van der Waals surface area contributed by atoms with Crippen LogP contribution in [-0.4, -0.2) is 37.7 Å². The van der Waals surface area contributed by atoms with Crippen molar-refractivity contribution in [2.24, 2.45) is 0 Å². The van der Waals surface area contributed by atoms with Gasteiger partial charge >= 0.3 is 24.6 Å². The van der Waals surface area contributed by atoms with Gasteiger partial charge in [-0.1, -0.05) is 22.0 Å². The number of halogens is 12. The molecule has 1 amide bonds. The molecule has 42 heavy (non-hydrogen) atoms. The highest BCUT2D eigenvalue weighted by Crippen LogP contribution is 2.54. The molecule has 3 rings (SSSR count). The van der Waals surface area contributed by atoms with Crippen molar-refractivity contribution in [3.63, 3.8) is 0 Å². The van der Waals surface area contributed by atoms with E-state index in [0.29, 0.717) is 0 Å². The van der Waals surface area contributed by atoms with Gasteiger partial charge in [-0.3, -0.25) is 9.59 Å². The molecule has 0 fully saturated rings. The first-order valence-corrected chi connectivity index (χ1v) is 12.0. The molecule has 0 saturated heterocycles. The van der Waals surface area contributed by atoms with Crippen LogP contribution in [0.2, 0.25) is 0 Å². The van der Waals surface area contributed by atoms with Crippen molar-refractivity contribution in [3.8, 4) is 5.75 Å². The number of hydrogen-bond acceptors (Lipinski definition) is 3. The number of ether oxygens (including phenoxy) is 1. The second kappa shape index (κ2) is 11.9. The van der Waals surface area contributed by atoms with E-state index in [4.69, 9.17) is 0 Å². The Hall–Kier alpha value is -3.69. The van der Waals surface area contributed by atoms with Crippen LogP contribution in [0.15, 0.2) is 59.1 Å². The topological polar surface area (TPSA) is 46.6 Å². The van der Waals surface area contributed by atoms with Crippen molar-refractivity contribution in [3.05, 3.63) is 93.0 Å². The highest BCUT2D eigenvalue weighted by atomic mass is 79.9. The van der Waals surface area contributed by atoms with E-state index in [1.165, 1.54) is 0 Å². The number of amides is 1. The fourth-order valence-corrected chi connectivity index (χ4v) is 4.40. The monoisotopic (exact) mass is 677 g/mol. The molecule has 0 aliphatic heterocycles. The average molecular weight is 678 g/mol. The zero-order chi connectivity index (χ0) is 31.8. The summed E-state index contributed by atoms with van der Waals surface area (Å²) >= 11 is 2.57. The number of ketones is 1. The Labute approximate surface area is 237 Å². The third-order valence-electron chi connectivity index (χ3n) is 5.92. The number of hydrogen-bond donors (Lipinski definition) is 0. The van der Waals surface area contributed by atoms with E-state index < -0.39 is 87.0 Å². The summed E-state index contributed by atoms with van der Waals surface area (Å²) in [5.41, 5.74) is -10.2. The summed E-state index contributed by atoms with van der Waals surface area (Å²) in [4.78, 5) is 26.5. The van der Waals surface area contributed by atoms with E-state index in [1.807, 2.05) is 0 Å². The second-order valence-electron chi connectivity index (χ2n) is 8.58.